The van der Waals surface area contributed by atoms with Crippen molar-refractivity contribution in [2.45, 2.75) is 12.8 Å². The van der Waals surface area contributed by atoms with Crippen LogP contribution in [-0.2, 0) is 4.79 Å². The fourth-order valence-electron chi connectivity index (χ4n) is 1.35. The van der Waals surface area contributed by atoms with Crippen molar-refractivity contribution in [1.82, 2.24) is 15.2 Å². The molecule has 1 saturated heterocycles. The topological polar surface area (TPSA) is 78.7 Å². The van der Waals surface area contributed by atoms with Crippen LogP contribution in [0, 0.1) is 0 Å². The summed E-state index contributed by atoms with van der Waals surface area (Å²) in [5, 5.41) is 3.95. The highest BCUT2D eigenvalue weighted by molar-refractivity contribution is 6.01. The first kappa shape index (κ1) is 10.9. The van der Waals surface area contributed by atoms with E-state index < -0.39 is 0 Å². The SMILES string of the molecule is CNCCCCN1C(=O)CN(N)C1=O. The monoisotopic (exact) mass is 200 g/mol. The molecule has 80 valence electrons. The largest absolute Gasteiger partial charge is 0.341 e. The van der Waals surface area contributed by atoms with Crippen LogP contribution in [0.5, 0.6) is 0 Å². The number of hydrazine groups is 1. The number of nitrogens with zero attached hydrogens (tertiary/aromatic N) is 2. The number of rotatable bonds is 5. The first-order chi connectivity index (χ1) is 6.66. The maximum atomic E-state index is 11.3. The molecule has 0 saturated carbocycles. The van der Waals surface area contributed by atoms with E-state index in [1.807, 2.05) is 7.05 Å². The Balaban J connectivity index is 2.30. The van der Waals surface area contributed by atoms with E-state index in [-0.39, 0.29) is 18.5 Å². The lowest BCUT2D eigenvalue weighted by molar-refractivity contribution is -0.125. The van der Waals surface area contributed by atoms with Crippen molar-refractivity contribution >= 4 is 11.9 Å². The fraction of sp³-hybridized carbons (Fsp3) is 0.750. The molecule has 1 heterocycles. The Morgan fingerprint density at radius 2 is 2.14 bits per heavy atom. The van der Waals surface area contributed by atoms with Gasteiger partial charge in [0.15, 0.2) is 0 Å². The maximum absolute atomic E-state index is 11.3. The minimum Gasteiger partial charge on any atom is -0.320 e. The van der Waals surface area contributed by atoms with Gasteiger partial charge in [-0.05, 0) is 26.4 Å². The van der Waals surface area contributed by atoms with Crippen LogP contribution >= 0.6 is 0 Å². The molecule has 1 aliphatic heterocycles. The van der Waals surface area contributed by atoms with E-state index >= 15 is 0 Å². The summed E-state index contributed by atoms with van der Waals surface area (Å²) in [6, 6.07) is -0.389. The Hall–Kier alpha value is -1.14. The van der Waals surface area contributed by atoms with Crippen LogP contribution in [0.2, 0.25) is 0 Å². The number of amides is 3. The molecule has 0 aromatic rings. The molecule has 0 unspecified atom stereocenters. The van der Waals surface area contributed by atoms with Crippen LogP contribution in [0.15, 0.2) is 0 Å². The third-order valence-electron chi connectivity index (χ3n) is 2.14. The number of nitrogens with two attached hydrogens (primary N) is 1. The number of nitrogens with one attached hydrogen (secondary N) is 1. The van der Waals surface area contributed by atoms with Gasteiger partial charge in [0, 0.05) is 6.54 Å². The van der Waals surface area contributed by atoms with E-state index in [1.165, 1.54) is 4.90 Å². The van der Waals surface area contributed by atoms with Crippen LogP contribution in [0.25, 0.3) is 0 Å². The van der Waals surface area contributed by atoms with Crippen LogP contribution in [-0.4, -0.2) is 48.5 Å². The van der Waals surface area contributed by atoms with Gasteiger partial charge in [-0.15, -0.1) is 0 Å². The number of carbonyl (C=O) groups is 2. The predicted octanol–water partition coefficient (Wildman–Crippen LogP) is -0.876. The number of unbranched alkanes of at least 4 members (excludes halogenated alkanes) is 1. The fourth-order valence-corrected chi connectivity index (χ4v) is 1.35. The zero-order chi connectivity index (χ0) is 10.6. The predicted molar refractivity (Wildman–Crippen MR) is 51.2 cm³/mol. The van der Waals surface area contributed by atoms with Crippen molar-refractivity contribution in [3.05, 3.63) is 0 Å². The zero-order valence-electron chi connectivity index (χ0n) is 8.32. The standard InChI is InChI=1S/C8H16N4O2/c1-10-4-2-3-5-11-7(13)6-12(9)8(11)14/h10H,2-6,9H2,1H3. The molecule has 0 spiro atoms. The van der Waals surface area contributed by atoms with Crippen molar-refractivity contribution in [3.8, 4) is 0 Å². The highest BCUT2D eigenvalue weighted by Crippen LogP contribution is 2.07. The molecule has 6 heteroatoms. The molecule has 0 atom stereocenters. The van der Waals surface area contributed by atoms with Gasteiger partial charge in [0.1, 0.15) is 6.54 Å². The third-order valence-corrected chi connectivity index (χ3v) is 2.14. The molecule has 0 aromatic carbocycles. The number of urea groups is 1. The summed E-state index contributed by atoms with van der Waals surface area (Å²) in [4.78, 5) is 23.7. The second-order valence-corrected chi connectivity index (χ2v) is 3.27. The lowest BCUT2D eigenvalue weighted by Crippen LogP contribution is -2.37. The van der Waals surface area contributed by atoms with E-state index in [0.29, 0.717) is 6.54 Å². The summed E-state index contributed by atoms with van der Waals surface area (Å²) in [6.45, 7) is 1.36. The number of carbonyl (C=O) groups excluding carboxylic acids is 2. The summed E-state index contributed by atoms with van der Waals surface area (Å²) < 4.78 is 0. The average molecular weight is 200 g/mol. The molecular formula is C8H16N4O2. The molecule has 1 rings (SSSR count). The summed E-state index contributed by atoms with van der Waals surface area (Å²) in [5.74, 6) is 5.09. The lowest BCUT2D eigenvalue weighted by Gasteiger charge is -2.13. The molecule has 14 heavy (non-hydrogen) atoms. The van der Waals surface area contributed by atoms with E-state index in [0.717, 1.165) is 24.4 Å². The van der Waals surface area contributed by atoms with Gasteiger partial charge >= 0.3 is 6.03 Å². The molecule has 6 nitrogen and oxygen atoms in total. The average Bonchev–Trinajstić information content (AvgIpc) is 2.38. The number of hydrogen-bond donors (Lipinski definition) is 2. The Morgan fingerprint density at radius 3 is 2.64 bits per heavy atom. The van der Waals surface area contributed by atoms with Gasteiger partial charge in [-0.2, -0.15) is 0 Å². The van der Waals surface area contributed by atoms with Gasteiger partial charge in [-0.1, -0.05) is 0 Å². The van der Waals surface area contributed by atoms with Gasteiger partial charge in [-0.3, -0.25) is 14.7 Å². The second kappa shape index (κ2) is 4.92. The zero-order valence-corrected chi connectivity index (χ0v) is 8.32. The van der Waals surface area contributed by atoms with Gasteiger partial charge < -0.3 is 5.32 Å². The number of hydrogen-bond acceptors (Lipinski definition) is 4. The highest BCUT2D eigenvalue weighted by atomic mass is 16.2. The molecule has 1 aliphatic rings. The van der Waals surface area contributed by atoms with Gasteiger partial charge in [0.25, 0.3) is 5.91 Å². The highest BCUT2D eigenvalue weighted by Gasteiger charge is 2.33. The van der Waals surface area contributed by atoms with Crippen molar-refractivity contribution in [3.63, 3.8) is 0 Å². The molecule has 0 aromatic heterocycles. The Kier molecular flexibility index (Phi) is 3.84. The van der Waals surface area contributed by atoms with Crippen molar-refractivity contribution in [2.24, 2.45) is 5.84 Å². The van der Waals surface area contributed by atoms with Crippen LogP contribution in [0.3, 0.4) is 0 Å². The summed E-state index contributed by atoms with van der Waals surface area (Å²) in [7, 11) is 1.87. The molecule has 3 N–H and O–H groups in total. The van der Waals surface area contributed by atoms with Crippen molar-refractivity contribution in [1.29, 1.82) is 0 Å². The second-order valence-electron chi connectivity index (χ2n) is 3.27. The van der Waals surface area contributed by atoms with Crippen LogP contribution < -0.4 is 11.2 Å². The van der Waals surface area contributed by atoms with Gasteiger partial charge in [0.2, 0.25) is 0 Å². The first-order valence-corrected chi connectivity index (χ1v) is 4.68. The quantitative estimate of drug-likeness (QED) is 0.261. The molecule has 0 aliphatic carbocycles. The summed E-state index contributed by atoms with van der Waals surface area (Å²) in [6.07, 6.45) is 1.75. The molecular weight excluding hydrogens is 184 g/mol. The number of imide groups is 1. The molecule has 1 fully saturated rings. The smallest absolute Gasteiger partial charge is 0.320 e. The molecule has 0 radical (unpaired) electrons. The maximum Gasteiger partial charge on any atom is 0.341 e. The van der Waals surface area contributed by atoms with Crippen LogP contribution in [0.4, 0.5) is 4.79 Å². The first-order valence-electron chi connectivity index (χ1n) is 4.68. The minimum absolute atomic E-state index is 0.00482. The van der Waals surface area contributed by atoms with Gasteiger partial charge in [0.05, 0.1) is 0 Å². The van der Waals surface area contributed by atoms with Gasteiger partial charge in [-0.25, -0.2) is 10.6 Å². The lowest BCUT2D eigenvalue weighted by atomic mass is 10.3. The van der Waals surface area contributed by atoms with Crippen LogP contribution in [0.1, 0.15) is 12.8 Å². The summed E-state index contributed by atoms with van der Waals surface area (Å²) in [5.41, 5.74) is 0. The molecule has 3 amide bonds. The minimum atomic E-state index is -0.389. The van der Waals surface area contributed by atoms with E-state index in [9.17, 15) is 9.59 Å². The normalized spacial score (nSPS) is 17.0. The third kappa shape index (κ3) is 2.43. The summed E-state index contributed by atoms with van der Waals surface area (Å²) >= 11 is 0. The Labute approximate surface area is 83.0 Å². The van der Waals surface area contributed by atoms with Crippen molar-refractivity contribution in [2.75, 3.05) is 26.7 Å². The molecule has 0 bridgehead atoms. The Bertz CT molecular complexity index is 231. The van der Waals surface area contributed by atoms with Crippen molar-refractivity contribution < 1.29 is 9.59 Å². The van der Waals surface area contributed by atoms with E-state index in [2.05, 4.69) is 5.32 Å². The van der Waals surface area contributed by atoms with E-state index in [4.69, 9.17) is 5.84 Å². The Morgan fingerprint density at radius 1 is 1.43 bits per heavy atom. The van der Waals surface area contributed by atoms with E-state index in [1.54, 1.807) is 0 Å².